The summed E-state index contributed by atoms with van der Waals surface area (Å²) in [5.41, 5.74) is -1.21. The molecule has 1 unspecified atom stereocenters. The van der Waals surface area contributed by atoms with E-state index in [0.717, 1.165) is 6.42 Å². The van der Waals surface area contributed by atoms with Crippen LogP contribution in [0, 0.1) is 5.92 Å². The average molecular weight is 230 g/mol. The van der Waals surface area contributed by atoms with E-state index < -0.39 is 17.5 Å². The maximum Gasteiger partial charge on any atom is 0.350 e. The predicted molar refractivity (Wildman–Crippen MR) is 60.9 cm³/mol. The molecule has 0 rings (SSSR count). The molecule has 0 heterocycles. The number of carbonyl (C=O) groups is 2. The Bertz CT molecular complexity index is 256. The number of hydrogen-bond donors (Lipinski definition) is 0. The molecule has 4 heteroatoms. The summed E-state index contributed by atoms with van der Waals surface area (Å²) >= 11 is 0. The molecule has 0 spiro atoms. The lowest BCUT2D eigenvalue weighted by molar-refractivity contribution is -0.181. The molecule has 0 aliphatic heterocycles. The molecule has 0 N–H and O–H groups in total. The van der Waals surface area contributed by atoms with Crippen LogP contribution in [0.3, 0.4) is 0 Å². The molecule has 0 fully saturated rings. The van der Waals surface area contributed by atoms with E-state index in [9.17, 15) is 9.59 Å². The van der Waals surface area contributed by atoms with E-state index in [1.54, 1.807) is 0 Å². The molecule has 0 radical (unpaired) electrons. The molecular weight excluding hydrogens is 208 g/mol. The second kappa shape index (κ2) is 5.87. The number of carbonyl (C=O) groups excluding carboxylic acids is 2. The van der Waals surface area contributed by atoms with Crippen molar-refractivity contribution in [1.29, 1.82) is 0 Å². The Morgan fingerprint density at radius 3 is 2.06 bits per heavy atom. The summed E-state index contributed by atoms with van der Waals surface area (Å²) in [5, 5.41) is 0. The van der Waals surface area contributed by atoms with Crippen LogP contribution in [0.4, 0.5) is 0 Å². The topological polar surface area (TPSA) is 52.6 Å². The minimum absolute atomic E-state index is 0.165. The fraction of sp³-hybridized carbons (Fsp3) is 0.833. The fourth-order valence-electron chi connectivity index (χ4n) is 1.44. The maximum absolute atomic E-state index is 11.7. The van der Waals surface area contributed by atoms with Gasteiger partial charge in [-0.3, -0.25) is 4.79 Å². The predicted octanol–water partition coefficient (Wildman–Crippen LogP) is 2.31. The maximum atomic E-state index is 11.7. The van der Waals surface area contributed by atoms with Crippen LogP contribution < -0.4 is 0 Å². The van der Waals surface area contributed by atoms with E-state index >= 15 is 0 Å². The molecule has 0 aromatic carbocycles. The van der Waals surface area contributed by atoms with Gasteiger partial charge in [-0.2, -0.15) is 0 Å². The molecule has 0 saturated carbocycles. The van der Waals surface area contributed by atoms with Crippen molar-refractivity contribution in [2.75, 3.05) is 0 Å². The van der Waals surface area contributed by atoms with Crippen LogP contribution in [-0.4, -0.2) is 23.6 Å². The highest BCUT2D eigenvalue weighted by Crippen LogP contribution is 2.16. The minimum Gasteiger partial charge on any atom is -0.460 e. The van der Waals surface area contributed by atoms with Crippen LogP contribution in [-0.2, 0) is 19.1 Å². The van der Waals surface area contributed by atoms with E-state index in [2.05, 4.69) is 13.8 Å². The van der Waals surface area contributed by atoms with Crippen molar-refractivity contribution in [2.24, 2.45) is 5.92 Å². The van der Waals surface area contributed by atoms with Gasteiger partial charge >= 0.3 is 11.9 Å². The largest absolute Gasteiger partial charge is 0.460 e. The molecule has 0 aliphatic rings. The van der Waals surface area contributed by atoms with Crippen LogP contribution in [0.2, 0.25) is 0 Å². The summed E-state index contributed by atoms with van der Waals surface area (Å²) < 4.78 is 10.1. The highest BCUT2D eigenvalue weighted by atomic mass is 16.6. The second-order valence-corrected chi connectivity index (χ2v) is 4.95. The van der Waals surface area contributed by atoms with E-state index in [0.29, 0.717) is 5.92 Å². The van der Waals surface area contributed by atoms with Crippen molar-refractivity contribution in [1.82, 2.24) is 0 Å². The van der Waals surface area contributed by atoms with Crippen LogP contribution in [0.15, 0.2) is 0 Å². The minimum atomic E-state index is -1.21. The first kappa shape index (κ1) is 14.9. The van der Waals surface area contributed by atoms with Gasteiger partial charge < -0.3 is 9.47 Å². The van der Waals surface area contributed by atoms with Crippen LogP contribution in [0.25, 0.3) is 0 Å². The SMILES string of the molecule is CC(=O)OC(C)(C)C(=O)OC(C)CC(C)C. The summed E-state index contributed by atoms with van der Waals surface area (Å²) in [4.78, 5) is 22.5. The zero-order valence-corrected chi connectivity index (χ0v) is 11.0. The Morgan fingerprint density at radius 1 is 1.19 bits per heavy atom. The molecule has 0 amide bonds. The Hall–Kier alpha value is -1.06. The van der Waals surface area contributed by atoms with Crippen molar-refractivity contribution in [2.45, 2.75) is 59.7 Å². The van der Waals surface area contributed by atoms with Gasteiger partial charge in [-0.1, -0.05) is 13.8 Å². The Labute approximate surface area is 97.3 Å². The Balaban J connectivity index is 4.28. The summed E-state index contributed by atoms with van der Waals surface area (Å²) in [6.07, 6.45) is 0.629. The van der Waals surface area contributed by atoms with Gasteiger partial charge in [0.05, 0.1) is 6.10 Å². The zero-order valence-electron chi connectivity index (χ0n) is 11.0. The Morgan fingerprint density at radius 2 is 1.69 bits per heavy atom. The van der Waals surface area contributed by atoms with Gasteiger partial charge in [0, 0.05) is 6.92 Å². The third kappa shape index (κ3) is 5.73. The summed E-state index contributed by atoms with van der Waals surface area (Å²) in [6.45, 7) is 10.3. The molecule has 1 atom stereocenters. The summed E-state index contributed by atoms with van der Waals surface area (Å²) in [7, 11) is 0. The van der Waals surface area contributed by atoms with Crippen molar-refractivity contribution < 1.29 is 19.1 Å². The molecule has 4 nitrogen and oxygen atoms in total. The quantitative estimate of drug-likeness (QED) is 0.680. The van der Waals surface area contributed by atoms with Gasteiger partial charge in [-0.05, 0) is 33.1 Å². The first-order chi connectivity index (χ1) is 7.15. The lowest BCUT2D eigenvalue weighted by Gasteiger charge is -2.25. The lowest BCUT2D eigenvalue weighted by atomic mass is 10.1. The molecule has 16 heavy (non-hydrogen) atoms. The highest BCUT2D eigenvalue weighted by Gasteiger charge is 2.33. The molecule has 0 bridgehead atoms. The third-order valence-electron chi connectivity index (χ3n) is 2.00. The van der Waals surface area contributed by atoms with Crippen molar-refractivity contribution >= 4 is 11.9 Å². The molecular formula is C12H22O4. The van der Waals surface area contributed by atoms with Crippen molar-refractivity contribution in [3.05, 3.63) is 0 Å². The van der Waals surface area contributed by atoms with Crippen LogP contribution >= 0.6 is 0 Å². The zero-order chi connectivity index (χ0) is 12.9. The van der Waals surface area contributed by atoms with E-state index in [-0.39, 0.29) is 6.10 Å². The summed E-state index contributed by atoms with van der Waals surface area (Å²) in [5.74, 6) is -0.533. The third-order valence-corrected chi connectivity index (χ3v) is 2.00. The average Bonchev–Trinajstić information content (AvgIpc) is 1.98. The van der Waals surface area contributed by atoms with Crippen LogP contribution in [0.1, 0.15) is 48.0 Å². The smallest absolute Gasteiger partial charge is 0.350 e. The normalized spacial score (nSPS) is 13.4. The fourth-order valence-corrected chi connectivity index (χ4v) is 1.44. The van der Waals surface area contributed by atoms with Crippen LogP contribution in [0.5, 0.6) is 0 Å². The van der Waals surface area contributed by atoms with E-state index in [1.807, 2.05) is 6.92 Å². The van der Waals surface area contributed by atoms with E-state index in [1.165, 1.54) is 20.8 Å². The van der Waals surface area contributed by atoms with Crippen molar-refractivity contribution in [3.63, 3.8) is 0 Å². The van der Waals surface area contributed by atoms with Gasteiger partial charge in [0.25, 0.3) is 0 Å². The first-order valence-corrected chi connectivity index (χ1v) is 5.55. The van der Waals surface area contributed by atoms with Gasteiger partial charge in [-0.25, -0.2) is 4.79 Å². The number of ether oxygens (including phenoxy) is 2. The first-order valence-electron chi connectivity index (χ1n) is 5.55. The summed E-state index contributed by atoms with van der Waals surface area (Å²) in [6, 6.07) is 0. The number of esters is 2. The molecule has 0 aromatic rings. The number of hydrogen-bond acceptors (Lipinski definition) is 4. The van der Waals surface area contributed by atoms with Crippen molar-refractivity contribution in [3.8, 4) is 0 Å². The molecule has 0 aliphatic carbocycles. The van der Waals surface area contributed by atoms with Gasteiger partial charge in [0.15, 0.2) is 0 Å². The second-order valence-electron chi connectivity index (χ2n) is 4.95. The van der Waals surface area contributed by atoms with Gasteiger partial charge in [0.2, 0.25) is 5.60 Å². The Kier molecular flexibility index (Phi) is 5.48. The van der Waals surface area contributed by atoms with E-state index in [4.69, 9.17) is 9.47 Å². The van der Waals surface area contributed by atoms with Gasteiger partial charge in [0.1, 0.15) is 0 Å². The standard InChI is InChI=1S/C12H22O4/c1-8(2)7-9(3)15-11(14)12(5,6)16-10(4)13/h8-9H,7H2,1-6H3. The molecule has 94 valence electrons. The number of rotatable bonds is 5. The lowest BCUT2D eigenvalue weighted by Crippen LogP contribution is -2.39. The van der Waals surface area contributed by atoms with Gasteiger partial charge in [-0.15, -0.1) is 0 Å². The monoisotopic (exact) mass is 230 g/mol. The molecule has 0 saturated heterocycles. The molecule has 0 aromatic heterocycles. The highest BCUT2D eigenvalue weighted by molar-refractivity contribution is 5.82.